The number of hydrogen-bond donors (Lipinski definition) is 3. The normalized spacial score (nSPS) is 14.9. The molecular weight excluding hydrogens is 497 g/mol. The Bertz CT molecular complexity index is 1280. The van der Waals surface area contributed by atoms with Gasteiger partial charge in [-0.15, -0.1) is 13.2 Å². The number of halogens is 3. The lowest BCUT2D eigenvalue weighted by Crippen LogP contribution is -2.40. The van der Waals surface area contributed by atoms with Crippen molar-refractivity contribution in [2.45, 2.75) is 64.8 Å². The molecule has 0 saturated carbocycles. The fourth-order valence-electron chi connectivity index (χ4n) is 4.81. The molecule has 2 heterocycles. The maximum absolute atomic E-state index is 12.5. The third-order valence-electron chi connectivity index (χ3n) is 7.09. The molecule has 0 fully saturated rings. The number of hydrogen-bond acceptors (Lipinski definition) is 5. The minimum absolute atomic E-state index is 0.299. The molecule has 0 aliphatic carbocycles. The molecule has 9 heteroatoms. The van der Waals surface area contributed by atoms with Crippen LogP contribution in [0.25, 0.3) is 0 Å². The summed E-state index contributed by atoms with van der Waals surface area (Å²) in [5.41, 5.74) is 5.28. The molecule has 202 valence electrons. The lowest BCUT2D eigenvalue weighted by atomic mass is 9.93. The van der Waals surface area contributed by atoms with Gasteiger partial charge in [0.25, 0.3) is 0 Å². The first-order valence-corrected chi connectivity index (χ1v) is 12.4. The number of carboxylic acid groups (broad SMARTS) is 1. The van der Waals surface area contributed by atoms with E-state index in [-0.39, 0.29) is 5.54 Å². The number of rotatable bonds is 6. The number of alkyl halides is 3. The second-order valence-corrected chi connectivity index (χ2v) is 10.1. The fourth-order valence-corrected chi connectivity index (χ4v) is 4.81. The molecule has 2 aliphatic heterocycles. The average molecular weight is 529 g/mol. The highest BCUT2D eigenvalue weighted by Crippen LogP contribution is 2.36. The maximum Gasteiger partial charge on any atom is 0.573 e. The zero-order valence-electron chi connectivity index (χ0n) is 21.3. The fraction of sp³-hybridized carbons (Fsp3) is 0.345. The van der Waals surface area contributed by atoms with E-state index in [1.165, 1.54) is 23.3 Å². The number of carbonyl (C=O) groups is 1. The van der Waals surface area contributed by atoms with E-state index in [1.54, 1.807) is 18.2 Å². The van der Waals surface area contributed by atoms with Crippen LogP contribution in [-0.4, -0.2) is 33.0 Å². The standard InChI is InChI=1S/C21H22F3NO4.C8H9N/c1-20(2,25-11-14-4-3-5-15(19(27)28)16(14)12-25)9-8-13-6-7-17(26)18(10-13)29-21(22,23)24;1-2-4-8-6-9-5-7(8)3-1/h3-7,10,26H,8-9,11-12H2,1-2H3,(H,27,28);1-4,9H,5-6H2. The van der Waals surface area contributed by atoms with Crippen LogP contribution in [0.15, 0.2) is 60.7 Å². The molecule has 3 N–H and O–H groups in total. The molecule has 0 aromatic heterocycles. The lowest BCUT2D eigenvalue weighted by molar-refractivity contribution is -0.275. The first kappa shape index (κ1) is 27.5. The number of phenolic OH excluding ortho intramolecular Hbond substituents is 1. The van der Waals surface area contributed by atoms with Crippen LogP contribution in [0.3, 0.4) is 0 Å². The third-order valence-corrected chi connectivity index (χ3v) is 7.09. The number of phenols is 1. The van der Waals surface area contributed by atoms with Crippen molar-refractivity contribution in [1.82, 2.24) is 10.2 Å². The van der Waals surface area contributed by atoms with Gasteiger partial charge in [-0.3, -0.25) is 4.90 Å². The Morgan fingerprint density at radius 1 is 0.974 bits per heavy atom. The van der Waals surface area contributed by atoms with E-state index in [0.717, 1.165) is 24.2 Å². The zero-order valence-corrected chi connectivity index (χ0v) is 21.3. The number of nitrogens with zero attached hydrogens (tertiary/aromatic N) is 1. The van der Waals surface area contributed by atoms with Gasteiger partial charge in [-0.25, -0.2) is 4.79 Å². The second kappa shape index (κ2) is 11.0. The van der Waals surface area contributed by atoms with Crippen molar-refractivity contribution < 1.29 is 32.9 Å². The first-order chi connectivity index (χ1) is 17.9. The highest BCUT2D eigenvalue weighted by atomic mass is 19.4. The Kier molecular flexibility index (Phi) is 7.99. The van der Waals surface area contributed by atoms with Crippen molar-refractivity contribution in [1.29, 1.82) is 0 Å². The topological polar surface area (TPSA) is 82.0 Å². The smallest absolute Gasteiger partial charge is 0.504 e. The largest absolute Gasteiger partial charge is 0.573 e. The molecular formula is C29H31F3N2O4. The molecule has 0 saturated heterocycles. The number of aryl methyl sites for hydroxylation is 1. The molecule has 0 atom stereocenters. The summed E-state index contributed by atoms with van der Waals surface area (Å²) in [6.45, 7) is 7.26. The molecule has 5 rings (SSSR count). The van der Waals surface area contributed by atoms with E-state index in [4.69, 9.17) is 0 Å². The third kappa shape index (κ3) is 6.65. The summed E-state index contributed by atoms with van der Waals surface area (Å²) >= 11 is 0. The van der Waals surface area contributed by atoms with Gasteiger partial charge in [0, 0.05) is 31.7 Å². The highest BCUT2D eigenvalue weighted by molar-refractivity contribution is 5.90. The molecule has 0 spiro atoms. The molecule has 6 nitrogen and oxygen atoms in total. The van der Waals surface area contributed by atoms with Crippen LogP contribution in [0, 0.1) is 0 Å². The zero-order chi connectivity index (χ0) is 27.5. The van der Waals surface area contributed by atoms with Crippen LogP contribution in [0.5, 0.6) is 11.5 Å². The number of nitrogens with one attached hydrogen (secondary N) is 1. The summed E-state index contributed by atoms with van der Waals surface area (Å²) in [6, 6.07) is 17.7. The van der Waals surface area contributed by atoms with E-state index >= 15 is 0 Å². The Morgan fingerprint density at radius 2 is 1.63 bits per heavy atom. The van der Waals surface area contributed by atoms with E-state index < -0.39 is 23.8 Å². The number of fused-ring (bicyclic) bond motifs is 2. The van der Waals surface area contributed by atoms with Crippen molar-refractivity contribution in [3.63, 3.8) is 0 Å². The molecule has 0 radical (unpaired) electrons. The molecule has 3 aromatic carbocycles. The van der Waals surface area contributed by atoms with Gasteiger partial charge in [-0.2, -0.15) is 0 Å². The summed E-state index contributed by atoms with van der Waals surface area (Å²) in [5, 5.41) is 22.3. The van der Waals surface area contributed by atoms with E-state index in [2.05, 4.69) is 39.2 Å². The van der Waals surface area contributed by atoms with Gasteiger partial charge in [0.1, 0.15) is 0 Å². The predicted molar refractivity (Wildman–Crippen MR) is 137 cm³/mol. The van der Waals surface area contributed by atoms with E-state index in [9.17, 15) is 28.2 Å². The summed E-state index contributed by atoms with van der Waals surface area (Å²) in [4.78, 5) is 13.6. The Hall–Kier alpha value is -3.56. The van der Waals surface area contributed by atoms with Gasteiger partial charge in [-0.1, -0.05) is 42.5 Å². The molecule has 2 aliphatic rings. The van der Waals surface area contributed by atoms with E-state index in [0.29, 0.717) is 37.1 Å². The first-order valence-electron chi connectivity index (χ1n) is 12.4. The van der Waals surface area contributed by atoms with Crippen molar-refractivity contribution in [3.05, 3.63) is 94.0 Å². The second-order valence-electron chi connectivity index (χ2n) is 10.1. The van der Waals surface area contributed by atoms with Crippen LogP contribution in [0.2, 0.25) is 0 Å². The number of aromatic hydroxyl groups is 1. The molecule has 0 unspecified atom stereocenters. The van der Waals surface area contributed by atoms with Gasteiger partial charge in [0.05, 0.1) is 5.56 Å². The SMILES string of the molecule is CC(C)(CCc1ccc(O)c(OC(F)(F)F)c1)N1Cc2cccc(C(=O)O)c2C1.c1ccc2c(c1)CNC2. The van der Waals surface area contributed by atoms with Gasteiger partial charge in [-0.05, 0) is 72.7 Å². The van der Waals surface area contributed by atoms with Crippen LogP contribution in [0.4, 0.5) is 13.2 Å². The summed E-state index contributed by atoms with van der Waals surface area (Å²) < 4.78 is 41.3. The Balaban J connectivity index is 0.000000311. The van der Waals surface area contributed by atoms with Crippen LogP contribution in [0.1, 0.15) is 58.4 Å². The van der Waals surface area contributed by atoms with Crippen LogP contribution < -0.4 is 10.1 Å². The molecule has 0 bridgehead atoms. The molecule has 38 heavy (non-hydrogen) atoms. The summed E-state index contributed by atoms with van der Waals surface area (Å²) in [7, 11) is 0. The van der Waals surface area contributed by atoms with Gasteiger partial charge >= 0.3 is 12.3 Å². The van der Waals surface area contributed by atoms with Crippen molar-refractivity contribution in [3.8, 4) is 11.5 Å². The minimum atomic E-state index is -4.88. The Labute approximate surface area is 219 Å². The number of benzene rings is 3. The van der Waals surface area contributed by atoms with Crippen molar-refractivity contribution in [2.24, 2.45) is 0 Å². The van der Waals surface area contributed by atoms with Gasteiger partial charge in [0.15, 0.2) is 11.5 Å². The van der Waals surface area contributed by atoms with Crippen LogP contribution in [-0.2, 0) is 32.6 Å². The van der Waals surface area contributed by atoms with Crippen LogP contribution >= 0.6 is 0 Å². The monoisotopic (exact) mass is 528 g/mol. The summed E-state index contributed by atoms with van der Waals surface area (Å²) in [6.07, 6.45) is -3.78. The predicted octanol–water partition coefficient (Wildman–Crippen LogP) is 6.01. The molecule has 3 aromatic rings. The average Bonchev–Trinajstić information content (AvgIpc) is 3.51. The maximum atomic E-state index is 12.5. The van der Waals surface area contributed by atoms with Crippen molar-refractivity contribution >= 4 is 5.97 Å². The summed E-state index contributed by atoms with van der Waals surface area (Å²) in [5.74, 6) is -2.14. The highest BCUT2D eigenvalue weighted by Gasteiger charge is 2.34. The Morgan fingerprint density at radius 3 is 2.26 bits per heavy atom. The van der Waals surface area contributed by atoms with Crippen molar-refractivity contribution in [2.75, 3.05) is 0 Å². The molecule has 0 amide bonds. The minimum Gasteiger partial charge on any atom is -0.504 e. The number of aromatic carboxylic acids is 1. The van der Waals surface area contributed by atoms with Gasteiger partial charge < -0.3 is 20.3 Å². The quantitative estimate of drug-likeness (QED) is 0.364. The van der Waals surface area contributed by atoms with Gasteiger partial charge in [0.2, 0.25) is 0 Å². The number of ether oxygens (including phenoxy) is 1. The number of carboxylic acids is 1. The van der Waals surface area contributed by atoms with E-state index in [1.807, 2.05) is 19.9 Å². The lowest BCUT2D eigenvalue weighted by Gasteiger charge is -2.35.